The number of urea groups is 1. The lowest BCUT2D eigenvalue weighted by Gasteiger charge is -2.16. The van der Waals surface area contributed by atoms with E-state index in [1.165, 1.54) is 0 Å². The van der Waals surface area contributed by atoms with Gasteiger partial charge in [-0.1, -0.05) is 19.0 Å². The molecule has 0 spiro atoms. The fraction of sp³-hybridized carbons (Fsp3) is 0.438. The summed E-state index contributed by atoms with van der Waals surface area (Å²) in [6.07, 6.45) is 0.206. The Morgan fingerprint density at radius 2 is 2.13 bits per heavy atom. The topological polar surface area (TPSA) is 91.5 Å². The molecule has 1 atom stereocenters. The van der Waals surface area contributed by atoms with Crippen molar-refractivity contribution < 1.29 is 14.4 Å². The summed E-state index contributed by atoms with van der Waals surface area (Å²) in [5.74, 6) is 1.35. The molecule has 3 rings (SSSR count). The van der Waals surface area contributed by atoms with Crippen molar-refractivity contribution in [3.05, 3.63) is 30.1 Å². The highest BCUT2D eigenvalue weighted by Gasteiger charge is 2.24. The van der Waals surface area contributed by atoms with E-state index in [0.717, 1.165) is 5.56 Å². The molecule has 0 aliphatic carbocycles. The number of hydrogen-bond donors (Lipinski definition) is 2. The minimum Gasteiger partial charge on any atom is -0.391 e. The minimum atomic E-state index is -0.421. The zero-order valence-corrected chi connectivity index (χ0v) is 13.2. The number of benzene rings is 1. The lowest BCUT2D eigenvalue weighted by molar-refractivity contribution is 0.176. The van der Waals surface area contributed by atoms with E-state index < -0.39 is 6.10 Å². The molecule has 0 saturated carbocycles. The van der Waals surface area contributed by atoms with Gasteiger partial charge in [0.05, 0.1) is 6.10 Å². The summed E-state index contributed by atoms with van der Waals surface area (Å²) in [6, 6.07) is 7.03. The molecule has 0 bridgehead atoms. The number of aromatic nitrogens is 2. The van der Waals surface area contributed by atoms with E-state index in [4.69, 9.17) is 4.52 Å². The van der Waals surface area contributed by atoms with Gasteiger partial charge in [-0.25, -0.2) is 4.79 Å². The summed E-state index contributed by atoms with van der Waals surface area (Å²) < 4.78 is 5.24. The molecule has 2 amide bonds. The summed E-state index contributed by atoms with van der Waals surface area (Å²) >= 11 is 0. The van der Waals surface area contributed by atoms with Gasteiger partial charge >= 0.3 is 6.03 Å². The third-order valence-electron chi connectivity index (χ3n) is 3.79. The Kier molecular flexibility index (Phi) is 4.29. The third kappa shape index (κ3) is 3.50. The highest BCUT2D eigenvalue weighted by molar-refractivity contribution is 5.89. The number of carbonyl (C=O) groups excluding carboxylic acids is 1. The SMILES string of the molecule is CC(C)c1noc(-c2ccc(NC(=O)N3CC[C@@H](O)C3)cc2)n1. The van der Waals surface area contributed by atoms with E-state index in [1.54, 1.807) is 17.0 Å². The van der Waals surface area contributed by atoms with Crippen LogP contribution < -0.4 is 5.32 Å². The first-order chi connectivity index (χ1) is 11.0. The molecule has 122 valence electrons. The molecule has 1 aliphatic heterocycles. The average molecular weight is 316 g/mol. The van der Waals surface area contributed by atoms with Gasteiger partial charge < -0.3 is 19.8 Å². The summed E-state index contributed by atoms with van der Waals surface area (Å²) in [5.41, 5.74) is 1.49. The lowest BCUT2D eigenvalue weighted by Crippen LogP contribution is -2.33. The number of amides is 2. The Morgan fingerprint density at radius 1 is 1.39 bits per heavy atom. The molecule has 7 heteroatoms. The number of nitrogens with one attached hydrogen (secondary N) is 1. The van der Waals surface area contributed by atoms with Crippen LogP contribution in [0.25, 0.3) is 11.5 Å². The van der Waals surface area contributed by atoms with Crippen LogP contribution in [0.4, 0.5) is 10.5 Å². The number of β-amino-alcohol motifs (C(OH)–C–C–N with tert-alkyl or cyclic N) is 1. The first-order valence-electron chi connectivity index (χ1n) is 7.71. The van der Waals surface area contributed by atoms with E-state index in [9.17, 15) is 9.90 Å². The number of aliphatic hydroxyl groups excluding tert-OH is 1. The van der Waals surface area contributed by atoms with Crippen LogP contribution in [0, 0.1) is 0 Å². The molecule has 1 saturated heterocycles. The number of carbonyl (C=O) groups is 1. The van der Waals surface area contributed by atoms with Crippen LogP contribution in [0.5, 0.6) is 0 Å². The van der Waals surface area contributed by atoms with Gasteiger partial charge in [-0.2, -0.15) is 4.98 Å². The summed E-state index contributed by atoms with van der Waals surface area (Å²) in [6.45, 7) is 4.96. The number of anilines is 1. The molecule has 1 fully saturated rings. The molecular weight excluding hydrogens is 296 g/mol. The number of hydrogen-bond acceptors (Lipinski definition) is 5. The smallest absolute Gasteiger partial charge is 0.321 e. The molecular formula is C16H20N4O3. The lowest BCUT2D eigenvalue weighted by atomic mass is 10.2. The van der Waals surface area contributed by atoms with Crippen LogP contribution in [-0.4, -0.2) is 45.4 Å². The molecule has 1 aromatic heterocycles. The van der Waals surface area contributed by atoms with Crippen LogP contribution in [0.2, 0.25) is 0 Å². The molecule has 0 unspecified atom stereocenters. The molecule has 2 N–H and O–H groups in total. The van der Waals surface area contributed by atoms with Crippen LogP contribution in [0.15, 0.2) is 28.8 Å². The molecule has 1 aromatic carbocycles. The average Bonchev–Trinajstić information content (AvgIpc) is 3.17. The van der Waals surface area contributed by atoms with Gasteiger partial charge in [0.25, 0.3) is 5.89 Å². The number of nitrogens with zero attached hydrogens (tertiary/aromatic N) is 3. The Labute approximate surface area is 134 Å². The summed E-state index contributed by atoms with van der Waals surface area (Å²) in [4.78, 5) is 18.0. The summed E-state index contributed by atoms with van der Waals surface area (Å²) in [5, 5.41) is 16.2. The largest absolute Gasteiger partial charge is 0.391 e. The van der Waals surface area contributed by atoms with Crippen molar-refractivity contribution >= 4 is 11.7 Å². The van der Waals surface area contributed by atoms with Crippen molar-refractivity contribution in [3.63, 3.8) is 0 Å². The molecule has 23 heavy (non-hydrogen) atoms. The maximum atomic E-state index is 12.1. The van der Waals surface area contributed by atoms with Gasteiger partial charge in [0.2, 0.25) is 0 Å². The van der Waals surface area contributed by atoms with Crippen LogP contribution in [0.3, 0.4) is 0 Å². The Hall–Kier alpha value is -2.41. The number of rotatable bonds is 3. The highest BCUT2D eigenvalue weighted by atomic mass is 16.5. The van der Waals surface area contributed by atoms with Gasteiger partial charge in [0.1, 0.15) is 0 Å². The summed E-state index contributed by atoms with van der Waals surface area (Å²) in [7, 11) is 0. The van der Waals surface area contributed by atoms with Gasteiger partial charge in [0.15, 0.2) is 5.82 Å². The van der Waals surface area contributed by atoms with E-state index >= 15 is 0 Å². The molecule has 2 aromatic rings. The van der Waals surface area contributed by atoms with Crippen LogP contribution in [-0.2, 0) is 0 Å². The molecule has 2 heterocycles. The fourth-order valence-corrected chi connectivity index (χ4v) is 2.41. The first-order valence-corrected chi connectivity index (χ1v) is 7.71. The highest BCUT2D eigenvalue weighted by Crippen LogP contribution is 2.22. The van der Waals surface area contributed by atoms with Gasteiger partial charge in [-0.15, -0.1) is 0 Å². The van der Waals surface area contributed by atoms with Crippen molar-refractivity contribution in [1.82, 2.24) is 15.0 Å². The Bertz CT molecular complexity index is 681. The van der Waals surface area contributed by atoms with Crippen molar-refractivity contribution in [2.75, 3.05) is 18.4 Å². The molecule has 7 nitrogen and oxygen atoms in total. The van der Waals surface area contributed by atoms with Crippen LogP contribution in [0.1, 0.15) is 32.0 Å². The van der Waals surface area contributed by atoms with Gasteiger partial charge in [-0.3, -0.25) is 0 Å². The second-order valence-corrected chi connectivity index (χ2v) is 6.01. The zero-order chi connectivity index (χ0) is 16.4. The quantitative estimate of drug-likeness (QED) is 0.907. The van der Waals surface area contributed by atoms with Crippen molar-refractivity contribution in [3.8, 4) is 11.5 Å². The predicted molar refractivity (Wildman–Crippen MR) is 85.0 cm³/mol. The monoisotopic (exact) mass is 316 g/mol. The Morgan fingerprint density at radius 3 is 2.70 bits per heavy atom. The maximum Gasteiger partial charge on any atom is 0.321 e. The second kappa shape index (κ2) is 6.37. The fourth-order valence-electron chi connectivity index (χ4n) is 2.41. The first kappa shape index (κ1) is 15.5. The number of aliphatic hydroxyl groups is 1. The second-order valence-electron chi connectivity index (χ2n) is 6.01. The zero-order valence-electron chi connectivity index (χ0n) is 13.2. The van der Waals surface area contributed by atoms with Gasteiger partial charge in [-0.05, 0) is 30.7 Å². The third-order valence-corrected chi connectivity index (χ3v) is 3.79. The normalized spacial score (nSPS) is 17.7. The predicted octanol–water partition coefficient (Wildman–Crippen LogP) is 2.46. The maximum absolute atomic E-state index is 12.1. The van der Waals surface area contributed by atoms with Crippen LogP contribution >= 0.6 is 0 Å². The molecule has 1 aliphatic rings. The van der Waals surface area contributed by atoms with E-state index in [-0.39, 0.29) is 11.9 Å². The van der Waals surface area contributed by atoms with Gasteiger partial charge in [0, 0.05) is 30.3 Å². The van der Waals surface area contributed by atoms with Crippen molar-refractivity contribution in [2.24, 2.45) is 0 Å². The van der Waals surface area contributed by atoms with E-state index in [1.807, 2.05) is 26.0 Å². The van der Waals surface area contributed by atoms with Crippen molar-refractivity contribution in [1.29, 1.82) is 0 Å². The van der Waals surface area contributed by atoms with E-state index in [0.29, 0.717) is 36.9 Å². The van der Waals surface area contributed by atoms with Crippen molar-refractivity contribution in [2.45, 2.75) is 32.3 Å². The standard InChI is InChI=1S/C16H20N4O3/c1-10(2)14-18-15(23-19-14)11-3-5-12(6-4-11)17-16(22)20-8-7-13(21)9-20/h3-6,10,13,21H,7-9H2,1-2H3,(H,17,22)/t13-/m1/s1. The van der Waals surface area contributed by atoms with E-state index in [2.05, 4.69) is 15.5 Å². The minimum absolute atomic E-state index is 0.200. The Balaban J connectivity index is 1.65. The molecule has 0 radical (unpaired) electrons. The number of likely N-dealkylation sites (tertiary alicyclic amines) is 1.